The molecular formula is C17H21NO2. The van der Waals surface area contributed by atoms with Crippen LogP contribution in [-0.4, -0.2) is 6.54 Å². The minimum absolute atomic E-state index is 0.194. The molecule has 3 nitrogen and oxygen atoms in total. The summed E-state index contributed by atoms with van der Waals surface area (Å²) >= 11 is 0. The Morgan fingerprint density at radius 1 is 1.20 bits per heavy atom. The predicted octanol–water partition coefficient (Wildman–Crippen LogP) is 3.71. The molecule has 1 N–H and O–H groups in total. The molecule has 0 bridgehead atoms. The summed E-state index contributed by atoms with van der Waals surface area (Å²) in [6.45, 7) is 6.67. The van der Waals surface area contributed by atoms with Crippen LogP contribution in [0.25, 0.3) is 0 Å². The molecule has 1 aromatic heterocycles. The molecule has 20 heavy (non-hydrogen) atoms. The molecule has 2 aromatic rings. The monoisotopic (exact) mass is 271 g/mol. The predicted molar refractivity (Wildman–Crippen MR) is 78.5 cm³/mol. The summed E-state index contributed by atoms with van der Waals surface area (Å²) in [5.41, 5.74) is 5.13. The van der Waals surface area contributed by atoms with Crippen LogP contribution >= 0.6 is 0 Å². The van der Waals surface area contributed by atoms with E-state index in [4.69, 9.17) is 9.15 Å². The zero-order valence-corrected chi connectivity index (χ0v) is 12.1. The van der Waals surface area contributed by atoms with Gasteiger partial charge in [-0.2, -0.15) is 0 Å². The number of aryl methyl sites for hydroxylation is 1. The smallest absolute Gasteiger partial charge is 0.105 e. The first-order valence-electron chi connectivity index (χ1n) is 7.26. The quantitative estimate of drug-likeness (QED) is 0.900. The van der Waals surface area contributed by atoms with Crippen molar-refractivity contribution in [3.8, 4) is 0 Å². The number of ether oxygens (including phenoxy) is 1. The van der Waals surface area contributed by atoms with Crippen LogP contribution in [0.4, 0.5) is 0 Å². The average Bonchev–Trinajstić information content (AvgIpc) is 3.08. The van der Waals surface area contributed by atoms with E-state index in [1.54, 1.807) is 6.26 Å². The topological polar surface area (TPSA) is 34.4 Å². The summed E-state index contributed by atoms with van der Waals surface area (Å²) in [5, 5.41) is 3.62. The van der Waals surface area contributed by atoms with Crippen molar-refractivity contribution in [2.75, 3.05) is 6.54 Å². The molecule has 1 aliphatic heterocycles. The molecule has 1 unspecified atom stereocenters. The molecule has 0 saturated heterocycles. The molecule has 106 valence electrons. The maximum Gasteiger partial charge on any atom is 0.105 e. The van der Waals surface area contributed by atoms with Gasteiger partial charge in [-0.05, 0) is 42.6 Å². The van der Waals surface area contributed by atoms with Gasteiger partial charge in [0.2, 0.25) is 0 Å². The summed E-state index contributed by atoms with van der Waals surface area (Å²) in [4.78, 5) is 0. The minimum atomic E-state index is 0.194. The summed E-state index contributed by atoms with van der Waals surface area (Å²) in [6, 6.07) is 8.91. The summed E-state index contributed by atoms with van der Waals surface area (Å²) in [7, 11) is 0. The Hall–Kier alpha value is -1.58. The lowest BCUT2D eigenvalue weighted by molar-refractivity contribution is 0.134. The van der Waals surface area contributed by atoms with E-state index in [9.17, 15) is 0 Å². The Labute approximate surface area is 119 Å². The molecule has 1 aliphatic rings. The van der Waals surface area contributed by atoms with Gasteiger partial charge in [0.05, 0.1) is 25.5 Å². The fourth-order valence-electron chi connectivity index (χ4n) is 2.76. The number of fused-ring (bicyclic) bond motifs is 1. The van der Waals surface area contributed by atoms with Gasteiger partial charge < -0.3 is 14.5 Å². The van der Waals surface area contributed by atoms with E-state index >= 15 is 0 Å². The molecule has 0 spiro atoms. The highest BCUT2D eigenvalue weighted by Gasteiger charge is 2.20. The van der Waals surface area contributed by atoms with Gasteiger partial charge in [0, 0.05) is 5.56 Å². The first kappa shape index (κ1) is 13.4. The molecule has 2 heterocycles. The highest BCUT2D eigenvalue weighted by atomic mass is 16.5. The van der Waals surface area contributed by atoms with Crippen molar-refractivity contribution in [2.45, 2.75) is 39.5 Å². The number of hydrogen-bond donors (Lipinski definition) is 1. The largest absolute Gasteiger partial charge is 0.469 e. The lowest BCUT2D eigenvalue weighted by Crippen LogP contribution is -2.23. The second kappa shape index (κ2) is 5.81. The normalized spacial score (nSPS) is 15.3. The van der Waals surface area contributed by atoms with Crippen LogP contribution in [0.2, 0.25) is 0 Å². The van der Waals surface area contributed by atoms with Gasteiger partial charge in [-0.15, -0.1) is 0 Å². The Balaban J connectivity index is 1.94. The van der Waals surface area contributed by atoms with Gasteiger partial charge in [0.15, 0.2) is 0 Å². The van der Waals surface area contributed by atoms with Crippen molar-refractivity contribution >= 4 is 0 Å². The average molecular weight is 271 g/mol. The van der Waals surface area contributed by atoms with Crippen molar-refractivity contribution in [2.24, 2.45) is 0 Å². The van der Waals surface area contributed by atoms with Gasteiger partial charge in [0.1, 0.15) is 5.76 Å². The van der Waals surface area contributed by atoms with Crippen molar-refractivity contribution in [1.82, 2.24) is 5.32 Å². The summed E-state index contributed by atoms with van der Waals surface area (Å²) in [6.07, 6.45) is 2.88. The van der Waals surface area contributed by atoms with E-state index < -0.39 is 0 Å². The number of hydrogen-bond acceptors (Lipinski definition) is 3. The Morgan fingerprint density at radius 3 is 2.80 bits per heavy atom. The summed E-state index contributed by atoms with van der Waals surface area (Å²) < 4.78 is 11.0. The van der Waals surface area contributed by atoms with Gasteiger partial charge in [0.25, 0.3) is 0 Å². The number of nitrogens with one attached hydrogen (secondary N) is 1. The zero-order chi connectivity index (χ0) is 13.9. The molecule has 0 saturated carbocycles. The maximum atomic E-state index is 5.51. The Morgan fingerprint density at radius 2 is 2.05 bits per heavy atom. The second-order valence-corrected chi connectivity index (χ2v) is 5.34. The second-order valence-electron chi connectivity index (χ2n) is 5.34. The third kappa shape index (κ3) is 2.51. The third-order valence-corrected chi connectivity index (χ3v) is 3.89. The standard InChI is InChI=1S/C17H21NO2/c1-3-7-18-17(16-6-8-20-12(16)2)13-4-5-14-10-19-11-15(14)9-13/h4-6,8-9,17-18H,3,7,10-11H2,1-2H3. The fraction of sp³-hybridized carbons (Fsp3) is 0.412. The van der Waals surface area contributed by atoms with Crippen LogP contribution in [-0.2, 0) is 18.0 Å². The van der Waals surface area contributed by atoms with Gasteiger partial charge in [-0.3, -0.25) is 0 Å². The molecule has 0 amide bonds. The molecule has 0 aliphatic carbocycles. The van der Waals surface area contributed by atoms with E-state index in [1.807, 2.05) is 6.92 Å². The van der Waals surface area contributed by atoms with Crippen molar-refractivity contribution in [3.63, 3.8) is 0 Å². The van der Waals surface area contributed by atoms with Crippen molar-refractivity contribution in [3.05, 3.63) is 58.5 Å². The van der Waals surface area contributed by atoms with Gasteiger partial charge in [-0.25, -0.2) is 0 Å². The van der Waals surface area contributed by atoms with E-state index in [-0.39, 0.29) is 6.04 Å². The van der Waals surface area contributed by atoms with Crippen LogP contribution in [0.5, 0.6) is 0 Å². The van der Waals surface area contributed by atoms with Crippen molar-refractivity contribution < 1.29 is 9.15 Å². The highest BCUT2D eigenvalue weighted by Crippen LogP contribution is 2.29. The maximum absolute atomic E-state index is 5.51. The lowest BCUT2D eigenvalue weighted by atomic mass is 9.96. The zero-order valence-electron chi connectivity index (χ0n) is 12.1. The van der Waals surface area contributed by atoms with Crippen LogP contribution in [0, 0.1) is 6.92 Å². The fourth-order valence-corrected chi connectivity index (χ4v) is 2.76. The first-order chi connectivity index (χ1) is 9.79. The minimum Gasteiger partial charge on any atom is -0.469 e. The molecule has 1 aromatic carbocycles. The van der Waals surface area contributed by atoms with E-state index in [1.165, 1.54) is 22.3 Å². The van der Waals surface area contributed by atoms with E-state index in [0.717, 1.165) is 31.9 Å². The van der Waals surface area contributed by atoms with Crippen LogP contribution in [0.15, 0.2) is 34.9 Å². The molecule has 3 rings (SSSR count). The number of furan rings is 1. The molecule has 0 radical (unpaired) electrons. The van der Waals surface area contributed by atoms with Gasteiger partial charge >= 0.3 is 0 Å². The lowest BCUT2D eigenvalue weighted by Gasteiger charge is -2.19. The van der Waals surface area contributed by atoms with E-state index in [0.29, 0.717) is 0 Å². The number of benzene rings is 1. The van der Waals surface area contributed by atoms with Crippen molar-refractivity contribution in [1.29, 1.82) is 0 Å². The molecule has 3 heteroatoms. The third-order valence-electron chi connectivity index (χ3n) is 3.89. The van der Waals surface area contributed by atoms with Crippen LogP contribution < -0.4 is 5.32 Å². The van der Waals surface area contributed by atoms with Gasteiger partial charge in [-0.1, -0.05) is 25.1 Å². The Kier molecular flexibility index (Phi) is 3.90. The number of rotatable bonds is 5. The Bertz CT molecular complexity index is 588. The summed E-state index contributed by atoms with van der Waals surface area (Å²) in [5.74, 6) is 0.982. The molecular weight excluding hydrogens is 250 g/mol. The van der Waals surface area contributed by atoms with Crippen LogP contribution in [0.3, 0.4) is 0 Å². The first-order valence-corrected chi connectivity index (χ1v) is 7.26. The molecule has 0 fully saturated rings. The SMILES string of the molecule is CCCNC(c1ccc2c(c1)COC2)c1ccoc1C. The van der Waals surface area contributed by atoms with E-state index in [2.05, 4.69) is 36.5 Å². The molecule has 1 atom stereocenters. The highest BCUT2D eigenvalue weighted by molar-refractivity contribution is 5.39. The van der Waals surface area contributed by atoms with Crippen LogP contribution in [0.1, 0.15) is 47.4 Å².